The third kappa shape index (κ3) is 2.06. The van der Waals surface area contributed by atoms with Gasteiger partial charge in [-0.2, -0.15) is 5.10 Å². The highest BCUT2D eigenvalue weighted by atomic mass is 16.6. The van der Waals surface area contributed by atoms with Crippen LogP contribution in [0.2, 0.25) is 0 Å². The maximum absolute atomic E-state index is 10.4. The van der Waals surface area contributed by atoms with Crippen LogP contribution in [0.4, 0.5) is 5.82 Å². The van der Waals surface area contributed by atoms with E-state index >= 15 is 0 Å². The quantitative estimate of drug-likeness (QED) is 0.426. The largest absolute Gasteiger partial charge is 0.358 e. The van der Waals surface area contributed by atoms with E-state index in [9.17, 15) is 10.1 Å². The first kappa shape index (κ1) is 10.2. The van der Waals surface area contributed by atoms with Crippen LogP contribution in [0, 0.1) is 10.1 Å². The monoisotopic (exact) mass is 197 g/mol. The van der Waals surface area contributed by atoms with Crippen LogP contribution in [0.1, 0.15) is 12.7 Å². The molecule has 1 N–H and O–H groups in total. The summed E-state index contributed by atoms with van der Waals surface area (Å²) in [7, 11) is 1.57. The number of rotatable bonds is 4. The Morgan fingerprint density at radius 3 is 3.07 bits per heavy atom. The van der Waals surface area contributed by atoms with Crippen LogP contribution in [0.5, 0.6) is 0 Å². The number of aromatic nitrogens is 2. The minimum atomic E-state index is -0.489. The summed E-state index contributed by atoms with van der Waals surface area (Å²) in [6, 6.07) is 0. The molecule has 0 unspecified atom stereocenters. The number of nitro groups is 1. The van der Waals surface area contributed by atoms with Crippen LogP contribution in [-0.4, -0.2) is 27.2 Å². The van der Waals surface area contributed by atoms with Gasteiger partial charge in [-0.15, -0.1) is 0 Å². The molecule has 0 saturated heterocycles. The van der Waals surface area contributed by atoms with Crippen molar-refractivity contribution in [2.24, 2.45) is 12.1 Å². The highest BCUT2D eigenvalue weighted by Crippen LogP contribution is 2.09. The first-order valence-corrected chi connectivity index (χ1v) is 4.08. The molecule has 0 amide bonds. The van der Waals surface area contributed by atoms with E-state index in [-0.39, 0.29) is 5.82 Å². The van der Waals surface area contributed by atoms with E-state index in [2.05, 4.69) is 15.5 Å². The van der Waals surface area contributed by atoms with Crippen LogP contribution in [0.15, 0.2) is 11.3 Å². The standard InChI is InChI=1S/C7H11N5O2/c1-3-9-10-4-6-8-5-7(11(6)2)12(13)14/h4-5,9H,3H2,1-2H3. The summed E-state index contributed by atoms with van der Waals surface area (Å²) in [5.74, 6) is 0.389. The fraction of sp³-hybridized carbons (Fsp3) is 0.429. The lowest BCUT2D eigenvalue weighted by Crippen LogP contribution is -2.06. The highest BCUT2D eigenvalue weighted by molar-refractivity contribution is 5.75. The van der Waals surface area contributed by atoms with Gasteiger partial charge in [0, 0.05) is 6.54 Å². The van der Waals surface area contributed by atoms with Gasteiger partial charge in [-0.05, 0) is 11.8 Å². The number of hydrogen-bond acceptors (Lipinski definition) is 5. The van der Waals surface area contributed by atoms with Gasteiger partial charge in [0.15, 0.2) is 0 Å². The Bertz CT molecular complexity index is 357. The zero-order chi connectivity index (χ0) is 10.6. The Kier molecular flexibility index (Phi) is 3.16. The van der Waals surface area contributed by atoms with Gasteiger partial charge in [-0.3, -0.25) is 0 Å². The summed E-state index contributed by atoms with van der Waals surface area (Å²) in [5, 5.41) is 14.3. The van der Waals surface area contributed by atoms with Gasteiger partial charge in [0.25, 0.3) is 0 Å². The Hall–Kier alpha value is -1.92. The molecule has 0 aliphatic rings. The van der Waals surface area contributed by atoms with E-state index in [1.54, 1.807) is 7.05 Å². The SMILES string of the molecule is CCNN=Cc1ncc([N+](=O)[O-])n1C. The van der Waals surface area contributed by atoms with Crippen LogP contribution >= 0.6 is 0 Å². The van der Waals surface area contributed by atoms with Gasteiger partial charge in [0.1, 0.15) is 12.4 Å². The number of imidazole rings is 1. The molecule has 7 nitrogen and oxygen atoms in total. The molecule has 0 saturated carbocycles. The summed E-state index contributed by atoms with van der Waals surface area (Å²) < 4.78 is 1.36. The van der Waals surface area contributed by atoms with Crippen molar-refractivity contribution in [3.05, 3.63) is 22.1 Å². The van der Waals surface area contributed by atoms with Crippen LogP contribution < -0.4 is 5.43 Å². The van der Waals surface area contributed by atoms with Gasteiger partial charge < -0.3 is 15.5 Å². The number of hydrogen-bond donors (Lipinski definition) is 1. The van der Waals surface area contributed by atoms with Crippen molar-refractivity contribution in [3.8, 4) is 0 Å². The number of nitrogens with zero attached hydrogens (tertiary/aromatic N) is 4. The summed E-state index contributed by atoms with van der Waals surface area (Å²) >= 11 is 0. The predicted octanol–water partition coefficient (Wildman–Crippen LogP) is 0.272. The molecular weight excluding hydrogens is 186 g/mol. The van der Waals surface area contributed by atoms with Crippen molar-refractivity contribution in [2.75, 3.05) is 6.54 Å². The fourth-order valence-electron chi connectivity index (χ4n) is 0.899. The predicted molar refractivity (Wildman–Crippen MR) is 51.1 cm³/mol. The van der Waals surface area contributed by atoms with Gasteiger partial charge in [-0.25, -0.2) is 9.55 Å². The summed E-state index contributed by atoms with van der Waals surface area (Å²) in [6.07, 6.45) is 2.64. The molecule has 76 valence electrons. The normalized spacial score (nSPS) is 10.7. The summed E-state index contributed by atoms with van der Waals surface area (Å²) in [5.41, 5.74) is 2.71. The van der Waals surface area contributed by atoms with Crippen molar-refractivity contribution in [3.63, 3.8) is 0 Å². The maximum Gasteiger partial charge on any atom is 0.342 e. The van der Waals surface area contributed by atoms with Gasteiger partial charge in [0.05, 0.1) is 7.05 Å². The molecule has 0 aliphatic heterocycles. The van der Waals surface area contributed by atoms with Crippen molar-refractivity contribution >= 4 is 12.0 Å². The van der Waals surface area contributed by atoms with E-state index in [4.69, 9.17) is 0 Å². The second-order valence-corrected chi connectivity index (χ2v) is 2.56. The lowest BCUT2D eigenvalue weighted by molar-refractivity contribution is -0.391. The van der Waals surface area contributed by atoms with Gasteiger partial charge >= 0.3 is 5.82 Å². The molecular formula is C7H11N5O2. The molecule has 0 aromatic carbocycles. The fourth-order valence-corrected chi connectivity index (χ4v) is 0.899. The molecule has 7 heteroatoms. The molecule has 1 rings (SSSR count). The maximum atomic E-state index is 10.4. The van der Waals surface area contributed by atoms with Crippen LogP contribution in [0.3, 0.4) is 0 Å². The van der Waals surface area contributed by atoms with Crippen molar-refractivity contribution in [1.82, 2.24) is 15.0 Å². The van der Waals surface area contributed by atoms with E-state index in [1.165, 1.54) is 17.0 Å². The Morgan fingerprint density at radius 2 is 2.57 bits per heavy atom. The van der Waals surface area contributed by atoms with Crippen molar-refractivity contribution in [2.45, 2.75) is 6.92 Å². The Labute approximate surface area is 80.6 Å². The second-order valence-electron chi connectivity index (χ2n) is 2.56. The topological polar surface area (TPSA) is 85.3 Å². The molecule has 1 aromatic heterocycles. The molecule has 0 aliphatic carbocycles. The van der Waals surface area contributed by atoms with E-state index in [0.29, 0.717) is 12.4 Å². The lowest BCUT2D eigenvalue weighted by Gasteiger charge is -1.94. The third-order valence-corrected chi connectivity index (χ3v) is 1.62. The Balaban J connectivity index is 2.84. The Morgan fingerprint density at radius 1 is 1.86 bits per heavy atom. The molecule has 14 heavy (non-hydrogen) atoms. The number of hydrazone groups is 1. The first-order valence-electron chi connectivity index (χ1n) is 4.08. The van der Waals surface area contributed by atoms with E-state index in [0.717, 1.165) is 0 Å². The molecule has 0 atom stereocenters. The van der Waals surface area contributed by atoms with E-state index in [1.807, 2.05) is 6.92 Å². The highest BCUT2D eigenvalue weighted by Gasteiger charge is 2.14. The van der Waals surface area contributed by atoms with Crippen molar-refractivity contribution < 1.29 is 4.92 Å². The third-order valence-electron chi connectivity index (χ3n) is 1.62. The van der Waals surface area contributed by atoms with Crippen LogP contribution in [-0.2, 0) is 7.05 Å². The molecule has 0 bridgehead atoms. The summed E-state index contributed by atoms with van der Waals surface area (Å²) in [6.45, 7) is 2.60. The summed E-state index contributed by atoms with van der Waals surface area (Å²) in [4.78, 5) is 13.8. The minimum absolute atomic E-state index is 0.0528. The second kappa shape index (κ2) is 4.35. The first-order chi connectivity index (χ1) is 6.66. The average molecular weight is 197 g/mol. The van der Waals surface area contributed by atoms with Gasteiger partial charge in [0.2, 0.25) is 5.82 Å². The zero-order valence-electron chi connectivity index (χ0n) is 7.97. The van der Waals surface area contributed by atoms with E-state index < -0.39 is 4.92 Å². The van der Waals surface area contributed by atoms with Crippen molar-refractivity contribution in [1.29, 1.82) is 0 Å². The lowest BCUT2D eigenvalue weighted by atomic mass is 10.6. The zero-order valence-corrected chi connectivity index (χ0v) is 7.97. The van der Waals surface area contributed by atoms with Gasteiger partial charge in [-0.1, -0.05) is 0 Å². The molecule has 0 fully saturated rings. The number of nitrogens with one attached hydrogen (secondary N) is 1. The molecule has 1 aromatic rings. The smallest absolute Gasteiger partial charge is 0.342 e. The molecule has 1 heterocycles. The van der Waals surface area contributed by atoms with Crippen LogP contribution in [0.25, 0.3) is 0 Å². The minimum Gasteiger partial charge on any atom is -0.358 e. The molecule has 0 radical (unpaired) electrons. The molecule has 0 spiro atoms. The average Bonchev–Trinajstić information content (AvgIpc) is 2.48.